The molecule has 0 saturated heterocycles. The Balaban J connectivity index is 2.05. The normalized spacial score (nSPS) is 12.2. The molecule has 0 aliphatic rings. The first-order chi connectivity index (χ1) is 18.4. The Hall–Kier alpha value is -3.72. The molecule has 0 fully saturated rings. The fourth-order valence-electron chi connectivity index (χ4n) is 4.07. The summed E-state index contributed by atoms with van der Waals surface area (Å²) in [5, 5.41) is 2.82. The van der Waals surface area contributed by atoms with E-state index in [1.165, 1.54) is 29.2 Å². The highest BCUT2D eigenvalue weighted by Crippen LogP contribution is 2.28. The van der Waals surface area contributed by atoms with Crippen LogP contribution in [-0.2, 0) is 26.2 Å². The first kappa shape index (κ1) is 29.8. The molecular formula is C30H36FN3O4S. The predicted molar refractivity (Wildman–Crippen MR) is 151 cm³/mol. The average Bonchev–Trinajstić information content (AvgIpc) is 2.91. The Bertz CT molecular complexity index is 1410. The minimum absolute atomic E-state index is 0.0297. The third-order valence-electron chi connectivity index (χ3n) is 6.39. The maximum atomic E-state index is 14.6. The number of halogens is 1. The van der Waals surface area contributed by atoms with Crippen molar-refractivity contribution in [3.8, 4) is 0 Å². The van der Waals surface area contributed by atoms with Gasteiger partial charge in [0.25, 0.3) is 10.0 Å². The molecule has 0 heterocycles. The van der Waals surface area contributed by atoms with Gasteiger partial charge in [0.15, 0.2) is 0 Å². The van der Waals surface area contributed by atoms with Crippen molar-refractivity contribution in [1.29, 1.82) is 0 Å². The summed E-state index contributed by atoms with van der Waals surface area (Å²) in [5.74, 6) is -1.37. The fourth-order valence-corrected chi connectivity index (χ4v) is 5.56. The van der Waals surface area contributed by atoms with E-state index in [1.807, 2.05) is 26.8 Å². The van der Waals surface area contributed by atoms with Crippen LogP contribution in [0.3, 0.4) is 0 Å². The van der Waals surface area contributed by atoms with Crippen LogP contribution in [-0.4, -0.2) is 44.3 Å². The van der Waals surface area contributed by atoms with Gasteiger partial charge in [0.05, 0.1) is 10.6 Å². The Morgan fingerprint density at radius 1 is 0.923 bits per heavy atom. The van der Waals surface area contributed by atoms with E-state index in [-0.39, 0.29) is 22.9 Å². The maximum absolute atomic E-state index is 14.6. The van der Waals surface area contributed by atoms with Crippen LogP contribution in [0.4, 0.5) is 10.1 Å². The minimum atomic E-state index is -4.16. The van der Waals surface area contributed by atoms with Gasteiger partial charge in [0.2, 0.25) is 11.8 Å². The number of amides is 2. The third kappa shape index (κ3) is 7.44. The summed E-state index contributed by atoms with van der Waals surface area (Å²) in [5.41, 5.74) is 2.06. The zero-order valence-corrected chi connectivity index (χ0v) is 23.8. The zero-order valence-electron chi connectivity index (χ0n) is 23.0. The van der Waals surface area contributed by atoms with Gasteiger partial charge < -0.3 is 10.2 Å². The largest absolute Gasteiger partial charge is 0.354 e. The topological polar surface area (TPSA) is 86.8 Å². The van der Waals surface area contributed by atoms with Gasteiger partial charge in [-0.2, -0.15) is 0 Å². The molecule has 1 N–H and O–H groups in total. The molecule has 0 aromatic heterocycles. The van der Waals surface area contributed by atoms with Crippen LogP contribution in [0.2, 0.25) is 0 Å². The van der Waals surface area contributed by atoms with Gasteiger partial charge in [-0.05, 0) is 62.1 Å². The second kappa shape index (κ2) is 12.9. The van der Waals surface area contributed by atoms with Crippen molar-refractivity contribution in [2.75, 3.05) is 17.4 Å². The number of hydrogen-bond donors (Lipinski definition) is 1. The van der Waals surface area contributed by atoms with Crippen LogP contribution >= 0.6 is 0 Å². The molecule has 9 heteroatoms. The van der Waals surface area contributed by atoms with Gasteiger partial charge in [-0.25, -0.2) is 12.8 Å². The molecule has 1 atom stereocenters. The Labute approximate surface area is 230 Å². The minimum Gasteiger partial charge on any atom is -0.354 e. The van der Waals surface area contributed by atoms with Crippen LogP contribution in [0, 0.1) is 25.6 Å². The molecule has 0 radical (unpaired) electrons. The second-order valence-electron chi connectivity index (χ2n) is 10.0. The lowest BCUT2D eigenvalue weighted by atomic mass is 10.1. The van der Waals surface area contributed by atoms with Gasteiger partial charge >= 0.3 is 0 Å². The van der Waals surface area contributed by atoms with Crippen molar-refractivity contribution < 1.29 is 22.4 Å². The van der Waals surface area contributed by atoms with E-state index in [2.05, 4.69) is 5.32 Å². The van der Waals surface area contributed by atoms with Crippen molar-refractivity contribution in [2.45, 2.75) is 52.1 Å². The van der Waals surface area contributed by atoms with E-state index >= 15 is 0 Å². The number of sulfonamides is 1. The maximum Gasteiger partial charge on any atom is 0.264 e. The number of carbonyl (C=O) groups is 2. The van der Waals surface area contributed by atoms with Crippen molar-refractivity contribution in [3.05, 3.63) is 95.3 Å². The first-order valence-electron chi connectivity index (χ1n) is 12.9. The van der Waals surface area contributed by atoms with Gasteiger partial charge in [0, 0.05) is 18.7 Å². The molecule has 0 bridgehead atoms. The predicted octanol–water partition coefficient (Wildman–Crippen LogP) is 4.83. The average molecular weight is 554 g/mol. The number of nitrogens with zero attached hydrogens (tertiary/aromatic N) is 2. The van der Waals surface area contributed by atoms with E-state index in [1.54, 1.807) is 56.3 Å². The number of nitrogens with one attached hydrogen (secondary N) is 1. The molecule has 0 saturated carbocycles. The van der Waals surface area contributed by atoms with Gasteiger partial charge in [0.1, 0.15) is 18.4 Å². The fraction of sp³-hybridized carbons (Fsp3) is 0.333. The van der Waals surface area contributed by atoms with E-state index in [9.17, 15) is 22.4 Å². The molecule has 2 amide bonds. The van der Waals surface area contributed by atoms with Crippen LogP contribution in [0.25, 0.3) is 0 Å². The van der Waals surface area contributed by atoms with E-state index < -0.39 is 40.2 Å². The molecule has 208 valence electrons. The Morgan fingerprint density at radius 2 is 1.56 bits per heavy atom. The van der Waals surface area contributed by atoms with Gasteiger partial charge in [-0.1, -0.05) is 62.4 Å². The number of rotatable bonds is 11. The van der Waals surface area contributed by atoms with Crippen LogP contribution in [0.15, 0.2) is 77.7 Å². The van der Waals surface area contributed by atoms with E-state index in [0.29, 0.717) is 17.8 Å². The van der Waals surface area contributed by atoms with Crippen LogP contribution in [0.5, 0.6) is 0 Å². The van der Waals surface area contributed by atoms with Crippen molar-refractivity contribution >= 4 is 27.5 Å². The van der Waals surface area contributed by atoms with Crippen LogP contribution in [0.1, 0.15) is 37.5 Å². The van der Waals surface area contributed by atoms with Crippen molar-refractivity contribution in [3.63, 3.8) is 0 Å². The smallest absolute Gasteiger partial charge is 0.264 e. The molecule has 3 aromatic carbocycles. The van der Waals surface area contributed by atoms with Gasteiger partial charge in [-0.3, -0.25) is 13.9 Å². The number of anilines is 1. The summed E-state index contributed by atoms with van der Waals surface area (Å²) in [6, 6.07) is 18.3. The SMILES string of the molecule is Cc1ccc(C)c(N(CC(=O)N(Cc2ccccc2F)[C@@H](C)C(=O)NCC(C)C)S(=O)(=O)c2ccccc2)c1. The summed E-state index contributed by atoms with van der Waals surface area (Å²) < 4.78 is 43.4. The molecule has 39 heavy (non-hydrogen) atoms. The summed E-state index contributed by atoms with van der Waals surface area (Å²) in [6.45, 7) is 8.69. The third-order valence-corrected chi connectivity index (χ3v) is 8.17. The molecular weight excluding hydrogens is 517 g/mol. The summed E-state index contributed by atoms with van der Waals surface area (Å²) in [4.78, 5) is 28.2. The van der Waals surface area contributed by atoms with Gasteiger partial charge in [-0.15, -0.1) is 0 Å². The van der Waals surface area contributed by atoms with Crippen LogP contribution < -0.4 is 9.62 Å². The first-order valence-corrected chi connectivity index (χ1v) is 14.3. The number of aryl methyl sites for hydroxylation is 2. The van der Waals surface area contributed by atoms with Crippen molar-refractivity contribution in [2.24, 2.45) is 5.92 Å². The van der Waals surface area contributed by atoms with E-state index in [4.69, 9.17) is 0 Å². The Morgan fingerprint density at radius 3 is 2.21 bits per heavy atom. The molecule has 0 aliphatic carbocycles. The highest BCUT2D eigenvalue weighted by atomic mass is 32.2. The lowest BCUT2D eigenvalue weighted by Crippen LogP contribution is -2.51. The monoisotopic (exact) mass is 553 g/mol. The second-order valence-corrected chi connectivity index (χ2v) is 11.9. The van der Waals surface area contributed by atoms with E-state index in [0.717, 1.165) is 9.87 Å². The number of benzene rings is 3. The number of carbonyl (C=O) groups excluding carboxylic acids is 2. The zero-order chi connectivity index (χ0) is 28.7. The summed E-state index contributed by atoms with van der Waals surface area (Å²) >= 11 is 0. The Kier molecular flexibility index (Phi) is 9.86. The quantitative estimate of drug-likeness (QED) is 0.369. The molecule has 0 unspecified atom stereocenters. The summed E-state index contributed by atoms with van der Waals surface area (Å²) in [6.07, 6.45) is 0. The molecule has 3 rings (SSSR count). The summed E-state index contributed by atoms with van der Waals surface area (Å²) in [7, 11) is -4.16. The molecule has 3 aromatic rings. The lowest BCUT2D eigenvalue weighted by molar-refractivity contribution is -0.139. The molecule has 7 nitrogen and oxygen atoms in total. The standard InChI is InChI=1S/C30H36FN3O4S/c1-21(2)18-32-30(36)24(5)33(19-25-11-9-10-14-27(25)31)29(35)20-34(28-17-22(3)15-16-23(28)4)39(37,38)26-12-7-6-8-13-26/h6-17,21,24H,18-20H2,1-5H3,(H,32,36)/t24-/m0/s1. The highest BCUT2D eigenvalue weighted by molar-refractivity contribution is 7.92. The number of hydrogen-bond acceptors (Lipinski definition) is 4. The lowest BCUT2D eigenvalue weighted by Gasteiger charge is -2.32. The molecule has 0 spiro atoms. The van der Waals surface area contributed by atoms with Crippen molar-refractivity contribution in [1.82, 2.24) is 10.2 Å². The highest BCUT2D eigenvalue weighted by Gasteiger charge is 2.33. The molecule has 0 aliphatic heterocycles.